The predicted octanol–water partition coefficient (Wildman–Crippen LogP) is 2.96. The van der Waals surface area contributed by atoms with Gasteiger partial charge in [-0.25, -0.2) is 0 Å². The number of carbonyl (C=O) groups excluding carboxylic acids is 2. The fourth-order valence-corrected chi connectivity index (χ4v) is 1.75. The summed E-state index contributed by atoms with van der Waals surface area (Å²) in [6.45, 7) is 1.96. The lowest BCUT2D eigenvalue weighted by atomic mass is 10.1. The van der Waals surface area contributed by atoms with E-state index in [2.05, 4.69) is 5.32 Å². The highest BCUT2D eigenvalue weighted by molar-refractivity contribution is 6.09. The maximum absolute atomic E-state index is 11.8. The van der Waals surface area contributed by atoms with E-state index in [4.69, 9.17) is 0 Å². The fourth-order valence-electron chi connectivity index (χ4n) is 1.75. The normalized spacial score (nSPS) is 10.4. The molecule has 0 fully saturated rings. The molecular formula is C17H15NO2. The van der Waals surface area contributed by atoms with Crippen molar-refractivity contribution in [1.82, 2.24) is 5.32 Å². The van der Waals surface area contributed by atoms with E-state index in [9.17, 15) is 9.59 Å². The quantitative estimate of drug-likeness (QED) is 0.867. The van der Waals surface area contributed by atoms with Crippen LogP contribution in [0.5, 0.6) is 0 Å². The molecule has 3 nitrogen and oxygen atoms in total. The van der Waals surface area contributed by atoms with E-state index < -0.39 is 11.8 Å². The highest BCUT2D eigenvalue weighted by atomic mass is 16.2. The van der Waals surface area contributed by atoms with Gasteiger partial charge in [-0.15, -0.1) is 0 Å². The second-order valence-electron chi connectivity index (χ2n) is 4.37. The minimum atomic E-state index is -0.429. The average molecular weight is 265 g/mol. The van der Waals surface area contributed by atoms with Crippen LogP contribution in [0.3, 0.4) is 0 Å². The Balaban J connectivity index is 2.00. The van der Waals surface area contributed by atoms with Gasteiger partial charge >= 0.3 is 0 Å². The van der Waals surface area contributed by atoms with Gasteiger partial charge in [-0.3, -0.25) is 14.9 Å². The number of imide groups is 1. The molecule has 0 aromatic heterocycles. The van der Waals surface area contributed by atoms with E-state index in [0.717, 1.165) is 11.1 Å². The third-order valence-corrected chi connectivity index (χ3v) is 2.88. The molecule has 2 amide bonds. The number of aryl methyl sites for hydroxylation is 1. The molecule has 0 saturated carbocycles. The molecule has 0 unspecified atom stereocenters. The van der Waals surface area contributed by atoms with Crippen LogP contribution in [-0.2, 0) is 4.79 Å². The Morgan fingerprint density at radius 2 is 1.60 bits per heavy atom. The molecule has 20 heavy (non-hydrogen) atoms. The summed E-state index contributed by atoms with van der Waals surface area (Å²) in [6, 6.07) is 16.4. The van der Waals surface area contributed by atoms with Gasteiger partial charge < -0.3 is 0 Å². The molecule has 3 heteroatoms. The van der Waals surface area contributed by atoms with Crippen molar-refractivity contribution in [3.05, 3.63) is 77.4 Å². The lowest BCUT2D eigenvalue weighted by molar-refractivity contribution is -0.115. The topological polar surface area (TPSA) is 46.2 Å². The summed E-state index contributed by atoms with van der Waals surface area (Å²) >= 11 is 0. The molecule has 2 rings (SSSR count). The zero-order valence-electron chi connectivity index (χ0n) is 11.2. The van der Waals surface area contributed by atoms with Gasteiger partial charge in [0.05, 0.1) is 0 Å². The molecule has 0 heterocycles. The van der Waals surface area contributed by atoms with Crippen LogP contribution in [0.25, 0.3) is 6.08 Å². The molecule has 0 atom stereocenters. The van der Waals surface area contributed by atoms with Crippen molar-refractivity contribution in [3.8, 4) is 0 Å². The first kappa shape index (κ1) is 13.7. The van der Waals surface area contributed by atoms with Crippen molar-refractivity contribution in [2.24, 2.45) is 0 Å². The van der Waals surface area contributed by atoms with Gasteiger partial charge in [-0.2, -0.15) is 0 Å². The van der Waals surface area contributed by atoms with Crippen molar-refractivity contribution < 1.29 is 9.59 Å². The second kappa shape index (κ2) is 6.48. The van der Waals surface area contributed by atoms with Crippen molar-refractivity contribution in [1.29, 1.82) is 0 Å². The summed E-state index contributed by atoms with van der Waals surface area (Å²) in [7, 11) is 0. The molecule has 0 aliphatic heterocycles. The minimum absolute atomic E-state index is 0.398. The highest BCUT2D eigenvalue weighted by Crippen LogP contribution is 2.08. The maximum atomic E-state index is 11.8. The second-order valence-corrected chi connectivity index (χ2v) is 4.37. The first-order chi connectivity index (χ1) is 9.66. The van der Waals surface area contributed by atoms with Crippen molar-refractivity contribution >= 4 is 17.9 Å². The summed E-state index contributed by atoms with van der Waals surface area (Å²) in [4.78, 5) is 23.5. The number of amides is 2. The van der Waals surface area contributed by atoms with E-state index >= 15 is 0 Å². The summed E-state index contributed by atoms with van der Waals surface area (Å²) in [5.74, 6) is -0.827. The molecule has 100 valence electrons. The Morgan fingerprint density at radius 3 is 2.30 bits per heavy atom. The fraction of sp³-hybridized carbons (Fsp3) is 0.0588. The van der Waals surface area contributed by atoms with E-state index in [1.54, 1.807) is 30.3 Å². The van der Waals surface area contributed by atoms with Crippen LogP contribution in [0.1, 0.15) is 21.5 Å². The summed E-state index contributed by atoms with van der Waals surface area (Å²) < 4.78 is 0. The SMILES string of the molecule is Cc1ccccc1/C=C/C(=O)NC(=O)c1ccccc1. The largest absolute Gasteiger partial charge is 0.289 e. The van der Waals surface area contributed by atoms with Crippen LogP contribution in [0, 0.1) is 6.92 Å². The van der Waals surface area contributed by atoms with E-state index in [-0.39, 0.29) is 0 Å². The molecule has 0 bridgehead atoms. The van der Waals surface area contributed by atoms with E-state index in [1.165, 1.54) is 6.08 Å². The standard InChI is InChI=1S/C17H15NO2/c1-13-7-5-6-8-14(13)11-12-16(19)18-17(20)15-9-3-2-4-10-15/h2-12H,1H3,(H,18,19,20)/b12-11+. The van der Waals surface area contributed by atoms with Gasteiger partial charge in [-0.05, 0) is 36.3 Å². The van der Waals surface area contributed by atoms with Gasteiger partial charge in [0, 0.05) is 11.6 Å². The Hall–Kier alpha value is -2.68. The molecule has 0 aliphatic carbocycles. The number of nitrogens with one attached hydrogen (secondary N) is 1. The zero-order valence-corrected chi connectivity index (χ0v) is 11.2. The van der Waals surface area contributed by atoms with E-state index in [1.807, 2.05) is 37.3 Å². The third-order valence-electron chi connectivity index (χ3n) is 2.88. The van der Waals surface area contributed by atoms with Crippen LogP contribution in [0.2, 0.25) is 0 Å². The summed E-state index contributed by atoms with van der Waals surface area (Å²) in [6.07, 6.45) is 3.06. The number of carbonyl (C=O) groups is 2. The van der Waals surface area contributed by atoms with Crippen LogP contribution in [-0.4, -0.2) is 11.8 Å². The van der Waals surface area contributed by atoms with Gasteiger partial charge in [0.25, 0.3) is 11.8 Å². The summed E-state index contributed by atoms with van der Waals surface area (Å²) in [5, 5.41) is 2.32. The molecular weight excluding hydrogens is 250 g/mol. The Kier molecular flexibility index (Phi) is 4.45. The van der Waals surface area contributed by atoms with Gasteiger partial charge in [0.15, 0.2) is 0 Å². The average Bonchev–Trinajstić information content (AvgIpc) is 2.47. The Bertz CT molecular complexity index is 645. The monoisotopic (exact) mass is 265 g/mol. The Morgan fingerprint density at radius 1 is 0.950 bits per heavy atom. The van der Waals surface area contributed by atoms with Gasteiger partial charge in [0.1, 0.15) is 0 Å². The Labute approximate surface area is 117 Å². The van der Waals surface area contributed by atoms with Gasteiger partial charge in [-0.1, -0.05) is 42.5 Å². The predicted molar refractivity (Wildman–Crippen MR) is 79.1 cm³/mol. The molecule has 0 radical (unpaired) electrons. The maximum Gasteiger partial charge on any atom is 0.258 e. The number of rotatable bonds is 3. The number of benzene rings is 2. The van der Waals surface area contributed by atoms with Crippen LogP contribution in [0.4, 0.5) is 0 Å². The zero-order chi connectivity index (χ0) is 14.4. The third kappa shape index (κ3) is 3.65. The van der Waals surface area contributed by atoms with Crippen molar-refractivity contribution in [3.63, 3.8) is 0 Å². The van der Waals surface area contributed by atoms with Crippen molar-refractivity contribution in [2.45, 2.75) is 6.92 Å². The molecule has 2 aromatic carbocycles. The molecule has 0 aliphatic rings. The van der Waals surface area contributed by atoms with E-state index in [0.29, 0.717) is 5.56 Å². The lowest BCUT2D eigenvalue weighted by Gasteiger charge is -2.01. The first-order valence-corrected chi connectivity index (χ1v) is 6.31. The van der Waals surface area contributed by atoms with Crippen LogP contribution >= 0.6 is 0 Å². The first-order valence-electron chi connectivity index (χ1n) is 6.31. The van der Waals surface area contributed by atoms with Crippen molar-refractivity contribution in [2.75, 3.05) is 0 Å². The highest BCUT2D eigenvalue weighted by Gasteiger charge is 2.06. The molecule has 2 aromatic rings. The molecule has 0 spiro atoms. The van der Waals surface area contributed by atoms with Crippen LogP contribution < -0.4 is 5.32 Å². The number of hydrogen-bond donors (Lipinski definition) is 1. The van der Waals surface area contributed by atoms with Gasteiger partial charge in [0.2, 0.25) is 0 Å². The van der Waals surface area contributed by atoms with Crippen LogP contribution in [0.15, 0.2) is 60.7 Å². The minimum Gasteiger partial charge on any atom is -0.289 e. The summed E-state index contributed by atoms with van der Waals surface area (Å²) in [5.41, 5.74) is 2.49. The number of hydrogen-bond acceptors (Lipinski definition) is 2. The molecule has 0 saturated heterocycles. The lowest BCUT2D eigenvalue weighted by Crippen LogP contribution is -2.28. The molecule has 1 N–H and O–H groups in total. The smallest absolute Gasteiger partial charge is 0.258 e.